The van der Waals surface area contributed by atoms with Crippen LogP contribution in [0, 0.1) is 5.82 Å². The first-order valence-electron chi connectivity index (χ1n) is 4.74. The summed E-state index contributed by atoms with van der Waals surface area (Å²) in [6.45, 7) is 0.233. The van der Waals surface area contributed by atoms with Gasteiger partial charge in [0.05, 0.1) is 18.0 Å². The minimum absolute atomic E-state index is 0.0588. The number of hydrogen-bond donors (Lipinski definition) is 1. The standard InChI is InChI=1S/C10H14FNO3S/c1-16(13,14)6-2-5-15-8-3-4-10(12)9(11)7-8/h3-4,7H,2,5-6,12H2,1H3. The highest BCUT2D eigenvalue weighted by atomic mass is 32.2. The van der Waals surface area contributed by atoms with Gasteiger partial charge in [0.1, 0.15) is 21.4 Å². The van der Waals surface area contributed by atoms with Crippen molar-refractivity contribution in [1.82, 2.24) is 0 Å². The van der Waals surface area contributed by atoms with Crippen molar-refractivity contribution in [1.29, 1.82) is 0 Å². The maximum absolute atomic E-state index is 13.0. The highest BCUT2D eigenvalue weighted by molar-refractivity contribution is 7.90. The Balaban J connectivity index is 2.41. The monoisotopic (exact) mass is 247 g/mol. The second-order valence-corrected chi connectivity index (χ2v) is 5.77. The van der Waals surface area contributed by atoms with E-state index < -0.39 is 15.7 Å². The Hall–Kier alpha value is -1.30. The third-order valence-electron chi connectivity index (χ3n) is 1.90. The number of hydrogen-bond acceptors (Lipinski definition) is 4. The minimum atomic E-state index is -2.97. The summed E-state index contributed by atoms with van der Waals surface area (Å²) in [4.78, 5) is 0. The number of nitrogens with two attached hydrogens (primary N) is 1. The average Bonchev–Trinajstić information content (AvgIpc) is 2.17. The topological polar surface area (TPSA) is 69.4 Å². The van der Waals surface area contributed by atoms with Gasteiger partial charge in [-0.25, -0.2) is 12.8 Å². The lowest BCUT2D eigenvalue weighted by molar-refractivity contribution is 0.316. The van der Waals surface area contributed by atoms with Gasteiger partial charge in [0.15, 0.2) is 0 Å². The first kappa shape index (κ1) is 12.8. The molecule has 1 aromatic rings. The Kier molecular flexibility index (Phi) is 4.12. The Morgan fingerprint density at radius 3 is 2.69 bits per heavy atom. The fourth-order valence-corrected chi connectivity index (χ4v) is 1.75. The Morgan fingerprint density at radius 1 is 1.44 bits per heavy atom. The van der Waals surface area contributed by atoms with Gasteiger partial charge in [-0.2, -0.15) is 0 Å². The molecule has 0 radical (unpaired) electrons. The van der Waals surface area contributed by atoms with Crippen LogP contribution in [0.2, 0.25) is 0 Å². The summed E-state index contributed by atoms with van der Waals surface area (Å²) < 4.78 is 39.8. The van der Waals surface area contributed by atoms with E-state index in [0.717, 1.165) is 6.26 Å². The maximum Gasteiger partial charge on any atom is 0.149 e. The fraction of sp³-hybridized carbons (Fsp3) is 0.400. The maximum atomic E-state index is 13.0. The zero-order valence-electron chi connectivity index (χ0n) is 8.94. The smallest absolute Gasteiger partial charge is 0.149 e. The van der Waals surface area contributed by atoms with Crippen LogP contribution < -0.4 is 10.5 Å². The van der Waals surface area contributed by atoms with Crippen LogP contribution >= 0.6 is 0 Å². The number of halogens is 1. The number of nitrogen functional groups attached to an aromatic ring is 1. The highest BCUT2D eigenvalue weighted by Crippen LogP contribution is 2.17. The van der Waals surface area contributed by atoms with Gasteiger partial charge < -0.3 is 10.5 Å². The molecular formula is C10H14FNO3S. The van der Waals surface area contributed by atoms with E-state index in [1.165, 1.54) is 12.1 Å². The number of ether oxygens (including phenoxy) is 1. The largest absolute Gasteiger partial charge is 0.493 e. The van der Waals surface area contributed by atoms with E-state index in [2.05, 4.69) is 0 Å². The molecule has 0 fully saturated rings. The van der Waals surface area contributed by atoms with Crippen LogP contribution in [0.1, 0.15) is 6.42 Å². The summed E-state index contributed by atoms with van der Waals surface area (Å²) in [7, 11) is -2.97. The van der Waals surface area contributed by atoms with Gasteiger partial charge in [-0.1, -0.05) is 0 Å². The second kappa shape index (κ2) is 5.16. The van der Waals surface area contributed by atoms with E-state index in [9.17, 15) is 12.8 Å². The number of anilines is 1. The summed E-state index contributed by atoms with van der Waals surface area (Å²) in [5.74, 6) is -0.134. The zero-order chi connectivity index (χ0) is 12.2. The predicted molar refractivity (Wildman–Crippen MR) is 60.6 cm³/mol. The zero-order valence-corrected chi connectivity index (χ0v) is 9.76. The lowest BCUT2D eigenvalue weighted by Crippen LogP contribution is -2.08. The van der Waals surface area contributed by atoms with Gasteiger partial charge in [0, 0.05) is 12.3 Å². The summed E-state index contributed by atoms with van der Waals surface area (Å²) in [6.07, 6.45) is 1.54. The van der Waals surface area contributed by atoms with E-state index >= 15 is 0 Å². The Labute approximate surface area is 94.1 Å². The molecular weight excluding hydrogens is 233 g/mol. The molecule has 0 bridgehead atoms. The van der Waals surface area contributed by atoms with Gasteiger partial charge in [0.2, 0.25) is 0 Å². The molecule has 90 valence electrons. The van der Waals surface area contributed by atoms with E-state index in [4.69, 9.17) is 10.5 Å². The molecule has 0 heterocycles. The molecule has 0 aromatic heterocycles. The molecule has 0 amide bonds. The molecule has 2 N–H and O–H groups in total. The number of sulfone groups is 1. The van der Waals surface area contributed by atoms with Crippen molar-refractivity contribution < 1.29 is 17.5 Å². The van der Waals surface area contributed by atoms with Crippen LogP contribution in [0.25, 0.3) is 0 Å². The van der Waals surface area contributed by atoms with E-state index in [0.29, 0.717) is 12.2 Å². The van der Waals surface area contributed by atoms with Crippen LogP contribution in [-0.4, -0.2) is 27.0 Å². The van der Waals surface area contributed by atoms with Gasteiger partial charge >= 0.3 is 0 Å². The molecule has 0 spiro atoms. The lowest BCUT2D eigenvalue weighted by Gasteiger charge is -2.06. The van der Waals surface area contributed by atoms with Gasteiger partial charge in [-0.15, -0.1) is 0 Å². The molecule has 1 rings (SSSR count). The molecule has 0 atom stereocenters. The van der Waals surface area contributed by atoms with Crippen LogP contribution in [0.5, 0.6) is 5.75 Å². The fourth-order valence-electron chi connectivity index (χ4n) is 1.11. The average molecular weight is 247 g/mol. The third-order valence-corrected chi connectivity index (χ3v) is 2.93. The SMILES string of the molecule is CS(=O)(=O)CCCOc1ccc(N)c(F)c1. The lowest BCUT2D eigenvalue weighted by atomic mass is 10.3. The first-order chi connectivity index (χ1) is 7.38. The van der Waals surface area contributed by atoms with Crippen molar-refractivity contribution in [2.45, 2.75) is 6.42 Å². The molecule has 0 unspecified atom stereocenters. The molecule has 4 nitrogen and oxygen atoms in total. The Morgan fingerprint density at radius 2 is 2.12 bits per heavy atom. The molecule has 0 saturated heterocycles. The molecule has 6 heteroatoms. The molecule has 16 heavy (non-hydrogen) atoms. The van der Waals surface area contributed by atoms with Crippen molar-refractivity contribution >= 4 is 15.5 Å². The van der Waals surface area contributed by atoms with Crippen molar-refractivity contribution in [3.05, 3.63) is 24.0 Å². The summed E-state index contributed by atoms with van der Waals surface area (Å²) >= 11 is 0. The number of rotatable bonds is 5. The van der Waals surface area contributed by atoms with Gasteiger partial charge in [-0.3, -0.25) is 0 Å². The normalized spacial score (nSPS) is 11.4. The number of benzene rings is 1. The summed E-state index contributed by atoms with van der Waals surface area (Å²) in [6, 6.07) is 4.12. The van der Waals surface area contributed by atoms with Crippen molar-refractivity contribution in [2.24, 2.45) is 0 Å². The van der Waals surface area contributed by atoms with Crippen LogP contribution in [0.3, 0.4) is 0 Å². The molecule has 0 aliphatic rings. The van der Waals surface area contributed by atoms with Crippen LogP contribution in [-0.2, 0) is 9.84 Å². The third kappa shape index (κ3) is 4.48. The van der Waals surface area contributed by atoms with Crippen molar-refractivity contribution in [3.63, 3.8) is 0 Å². The van der Waals surface area contributed by atoms with Crippen molar-refractivity contribution in [3.8, 4) is 5.75 Å². The van der Waals surface area contributed by atoms with Gasteiger partial charge in [0.25, 0.3) is 0 Å². The molecule has 0 aliphatic carbocycles. The van der Waals surface area contributed by atoms with Crippen LogP contribution in [0.15, 0.2) is 18.2 Å². The minimum Gasteiger partial charge on any atom is -0.493 e. The highest BCUT2D eigenvalue weighted by Gasteiger charge is 2.03. The van der Waals surface area contributed by atoms with E-state index in [1.54, 1.807) is 6.07 Å². The Bertz CT molecular complexity index is 459. The van der Waals surface area contributed by atoms with E-state index in [-0.39, 0.29) is 18.0 Å². The predicted octanol–water partition coefficient (Wildman–Crippen LogP) is 1.22. The van der Waals surface area contributed by atoms with Gasteiger partial charge in [-0.05, 0) is 18.6 Å². The second-order valence-electron chi connectivity index (χ2n) is 3.52. The van der Waals surface area contributed by atoms with E-state index in [1.807, 2.05) is 0 Å². The quantitative estimate of drug-likeness (QED) is 0.627. The summed E-state index contributed by atoms with van der Waals surface area (Å²) in [5.41, 5.74) is 5.35. The van der Waals surface area contributed by atoms with Crippen LogP contribution in [0.4, 0.5) is 10.1 Å². The molecule has 0 saturated carbocycles. The van der Waals surface area contributed by atoms with Crippen molar-refractivity contribution in [2.75, 3.05) is 24.3 Å². The molecule has 0 aliphatic heterocycles. The first-order valence-corrected chi connectivity index (χ1v) is 6.80. The summed E-state index contributed by atoms with van der Waals surface area (Å²) in [5, 5.41) is 0. The molecule has 1 aromatic carbocycles.